The number of anilines is 4. The SMILES string of the molecule is COc1ccc(CN(Cc2ccc(OC)cc2)c2ncc(-c3nc(N4CCOCC4)nc4c3CCN4c3ccc(CC(=O)N4CCN(CCO)CC4)cc3)cn2)cc1. The van der Waals surface area contributed by atoms with Crippen molar-refractivity contribution in [1.82, 2.24) is 29.7 Å². The number of carbonyl (C=O) groups excluding carboxylic acids is 1. The lowest BCUT2D eigenvalue weighted by molar-refractivity contribution is -0.132. The molecule has 302 valence electrons. The summed E-state index contributed by atoms with van der Waals surface area (Å²) in [5.74, 6) is 3.90. The molecule has 58 heavy (non-hydrogen) atoms. The van der Waals surface area contributed by atoms with E-state index in [0.717, 1.165) is 82.6 Å². The van der Waals surface area contributed by atoms with Gasteiger partial charge in [0, 0.05) is 94.7 Å². The van der Waals surface area contributed by atoms with Crippen LogP contribution in [0.2, 0.25) is 0 Å². The molecule has 0 unspecified atom stereocenters. The Labute approximate surface area is 339 Å². The maximum atomic E-state index is 13.2. The zero-order chi connectivity index (χ0) is 39.8. The second-order valence-corrected chi connectivity index (χ2v) is 14.8. The molecule has 2 aromatic heterocycles. The van der Waals surface area contributed by atoms with Crippen LogP contribution in [0.1, 0.15) is 22.3 Å². The number of morpholine rings is 1. The number of aliphatic hydroxyl groups is 1. The van der Waals surface area contributed by atoms with E-state index in [2.05, 4.69) is 68.1 Å². The van der Waals surface area contributed by atoms with Crippen LogP contribution in [0.25, 0.3) is 11.3 Å². The van der Waals surface area contributed by atoms with E-state index in [9.17, 15) is 9.90 Å². The fourth-order valence-corrected chi connectivity index (χ4v) is 7.79. The van der Waals surface area contributed by atoms with Crippen LogP contribution in [0.4, 0.5) is 23.4 Å². The van der Waals surface area contributed by atoms with Crippen molar-refractivity contribution in [3.05, 3.63) is 107 Å². The van der Waals surface area contributed by atoms with Crippen LogP contribution in [0, 0.1) is 0 Å². The molecule has 3 aliphatic rings. The number of hydrogen-bond acceptors (Lipinski definition) is 13. The predicted octanol–water partition coefficient (Wildman–Crippen LogP) is 4.37. The number of aliphatic hydroxyl groups excluding tert-OH is 1. The number of aromatic nitrogens is 4. The third-order valence-corrected chi connectivity index (χ3v) is 11.1. The molecule has 2 saturated heterocycles. The van der Waals surface area contributed by atoms with Crippen LogP contribution in [-0.4, -0.2) is 127 Å². The first-order valence-corrected chi connectivity index (χ1v) is 20.0. The highest BCUT2D eigenvalue weighted by Crippen LogP contribution is 2.39. The number of rotatable bonds is 14. The Hall–Kier alpha value is -5.83. The van der Waals surface area contributed by atoms with Crippen molar-refractivity contribution < 1.29 is 24.1 Å². The van der Waals surface area contributed by atoms with E-state index in [1.807, 2.05) is 41.6 Å². The van der Waals surface area contributed by atoms with E-state index in [0.29, 0.717) is 77.3 Å². The standard InChI is InChI=1S/C44H51N9O5/c1-56-37-11-5-33(6-12-37)30-52(31-34-7-13-38(57-2)14-8-34)43-45-28-35(29-46-43)41-39-15-16-53(42(39)48-44(47-41)51-22-25-58-26-23-51)36-9-3-32(4-10-36)27-40(55)50-19-17-49(18-20-50)21-24-54/h3-14,28-29,54H,15-27,30-31H2,1-2H3. The minimum atomic E-state index is 0.133. The van der Waals surface area contributed by atoms with Crippen LogP contribution >= 0.6 is 0 Å². The second-order valence-electron chi connectivity index (χ2n) is 14.8. The van der Waals surface area contributed by atoms with Crippen molar-refractivity contribution in [3.8, 4) is 22.8 Å². The van der Waals surface area contributed by atoms with Crippen molar-refractivity contribution in [1.29, 1.82) is 0 Å². The van der Waals surface area contributed by atoms with E-state index >= 15 is 0 Å². The zero-order valence-electron chi connectivity index (χ0n) is 33.3. The van der Waals surface area contributed by atoms with Crippen molar-refractivity contribution in [2.45, 2.75) is 25.9 Å². The molecule has 14 heteroatoms. The Morgan fingerprint density at radius 2 is 1.36 bits per heavy atom. The van der Waals surface area contributed by atoms with Gasteiger partial charge in [-0.15, -0.1) is 0 Å². The fraction of sp³-hybridized carbons (Fsp3) is 0.386. The topological polar surface area (TPSA) is 133 Å². The first-order chi connectivity index (χ1) is 28.5. The molecule has 0 radical (unpaired) electrons. The van der Waals surface area contributed by atoms with E-state index in [1.165, 1.54) is 0 Å². The van der Waals surface area contributed by atoms with Crippen LogP contribution in [0.5, 0.6) is 11.5 Å². The van der Waals surface area contributed by atoms with Crippen LogP contribution in [0.3, 0.4) is 0 Å². The molecule has 0 atom stereocenters. The number of carbonyl (C=O) groups is 1. The number of amides is 1. The smallest absolute Gasteiger partial charge is 0.228 e. The molecule has 5 aromatic rings. The van der Waals surface area contributed by atoms with Gasteiger partial charge in [0.15, 0.2) is 0 Å². The molecule has 5 heterocycles. The maximum absolute atomic E-state index is 13.2. The lowest BCUT2D eigenvalue weighted by Crippen LogP contribution is -2.49. The monoisotopic (exact) mass is 785 g/mol. The summed E-state index contributed by atoms with van der Waals surface area (Å²) in [5, 5.41) is 9.26. The Balaban J connectivity index is 1.05. The average Bonchev–Trinajstić information content (AvgIpc) is 3.71. The second kappa shape index (κ2) is 18.2. The summed E-state index contributed by atoms with van der Waals surface area (Å²) in [7, 11) is 3.34. The molecule has 0 spiro atoms. The van der Waals surface area contributed by atoms with E-state index < -0.39 is 0 Å². The number of β-amino-alcohol motifs (C(OH)–C–C–N with tert-alkyl or cyclic N) is 1. The quantitative estimate of drug-likeness (QED) is 0.171. The van der Waals surface area contributed by atoms with Crippen molar-refractivity contribution in [2.24, 2.45) is 0 Å². The molecule has 1 amide bonds. The van der Waals surface area contributed by atoms with Gasteiger partial charge in [-0.3, -0.25) is 9.69 Å². The number of hydrogen-bond donors (Lipinski definition) is 1. The van der Waals surface area contributed by atoms with Crippen molar-refractivity contribution >= 4 is 29.3 Å². The molecule has 8 rings (SSSR count). The summed E-state index contributed by atoms with van der Waals surface area (Å²) in [5.41, 5.74) is 6.94. The first kappa shape index (κ1) is 39.0. The van der Waals surface area contributed by atoms with Crippen LogP contribution in [0.15, 0.2) is 85.2 Å². The largest absolute Gasteiger partial charge is 0.497 e. The number of ether oxygens (including phenoxy) is 3. The predicted molar refractivity (Wildman–Crippen MR) is 223 cm³/mol. The van der Waals surface area contributed by atoms with Gasteiger partial charge in [0.1, 0.15) is 17.3 Å². The highest BCUT2D eigenvalue weighted by molar-refractivity contribution is 5.80. The van der Waals surface area contributed by atoms with E-state index in [-0.39, 0.29) is 12.5 Å². The summed E-state index contributed by atoms with van der Waals surface area (Å²) in [6.45, 7) is 8.36. The van der Waals surface area contributed by atoms with Gasteiger partial charge < -0.3 is 38.9 Å². The summed E-state index contributed by atoms with van der Waals surface area (Å²) in [4.78, 5) is 44.1. The van der Waals surface area contributed by atoms with Gasteiger partial charge in [-0.2, -0.15) is 4.98 Å². The Bertz CT molecular complexity index is 2070. The third kappa shape index (κ3) is 8.99. The fourth-order valence-electron chi connectivity index (χ4n) is 7.79. The van der Waals surface area contributed by atoms with Crippen molar-refractivity contribution in [3.63, 3.8) is 0 Å². The van der Waals surface area contributed by atoms with Crippen LogP contribution in [-0.2, 0) is 35.5 Å². The molecule has 14 nitrogen and oxygen atoms in total. The van der Waals surface area contributed by atoms with Gasteiger partial charge in [0.05, 0.1) is 46.2 Å². The lowest BCUT2D eigenvalue weighted by atomic mass is 10.1. The Kier molecular flexibility index (Phi) is 12.2. The molecule has 0 bridgehead atoms. The Morgan fingerprint density at radius 1 is 0.759 bits per heavy atom. The van der Waals surface area contributed by atoms with Gasteiger partial charge in [-0.05, 0) is 59.5 Å². The highest BCUT2D eigenvalue weighted by atomic mass is 16.5. The summed E-state index contributed by atoms with van der Waals surface area (Å²) >= 11 is 0. The number of fused-ring (bicyclic) bond motifs is 1. The normalized spacial score (nSPS) is 15.7. The molecule has 3 aliphatic heterocycles. The molecule has 0 aliphatic carbocycles. The van der Waals surface area contributed by atoms with Gasteiger partial charge in [-0.25, -0.2) is 15.0 Å². The highest BCUT2D eigenvalue weighted by Gasteiger charge is 2.30. The maximum Gasteiger partial charge on any atom is 0.228 e. The molecule has 2 fully saturated rings. The van der Waals surface area contributed by atoms with Gasteiger partial charge >= 0.3 is 0 Å². The average molecular weight is 786 g/mol. The minimum Gasteiger partial charge on any atom is -0.497 e. The first-order valence-electron chi connectivity index (χ1n) is 20.0. The number of benzene rings is 3. The molecular formula is C44H51N9O5. The molecule has 0 saturated carbocycles. The number of piperazine rings is 1. The lowest BCUT2D eigenvalue weighted by Gasteiger charge is -2.34. The summed E-state index contributed by atoms with van der Waals surface area (Å²) in [6, 6.07) is 24.4. The zero-order valence-corrected chi connectivity index (χ0v) is 33.3. The minimum absolute atomic E-state index is 0.133. The third-order valence-electron chi connectivity index (χ3n) is 11.1. The van der Waals surface area contributed by atoms with E-state index in [1.54, 1.807) is 14.2 Å². The molecule has 3 aromatic carbocycles. The number of methoxy groups -OCH3 is 2. The van der Waals surface area contributed by atoms with Crippen LogP contribution < -0.4 is 24.2 Å². The van der Waals surface area contributed by atoms with E-state index in [4.69, 9.17) is 34.1 Å². The number of nitrogens with zero attached hydrogens (tertiary/aromatic N) is 9. The molecular weight excluding hydrogens is 735 g/mol. The Morgan fingerprint density at radius 3 is 1.95 bits per heavy atom. The summed E-state index contributed by atoms with van der Waals surface area (Å²) in [6.07, 6.45) is 4.88. The van der Waals surface area contributed by atoms with Gasteiger partial charge in [-0.1, -0.05) is 36.4 Å². The van der Waals surface area contributed by atoms with Gasteiger partial charge in [0.25, 0.3) is 0 Å². The van der Waals surface area contributed by atoms with Gasteiger partial charge in [0.2, 0.25) is 17.8 Å². The van der Waals surface area contributed by atoms with Crippen molar-refractivity contribution in [2.75, 3.05) is 101 Å². The molecule has 1 N–H and O–H groups in total. The summed E-state index contributed by atoms with van der Waals surface area (Å²) < 4.78 is 16.5.